The third kappa shape index (κ3) is 4.43. The second-order valence-corrected chi connectivity index (χ2v) is 8.08. The smallest absolute Gasteiger partial charge is 0.311 e. The van der Waals surface area contributed by atoms with Crippen LogP contribution >= 0.6 is 0 Å². The van der Waals surface area contributed by atoms with Crippen LogP contribution in [0.15, 0.2) is 0 Å². The van der Waals surface area contributed by atoms with Gasteiger partial charge >= 0.3 is 5.97 Å². The molecule has 2 saturated heterocycles. The molecule has 2 fully saturated rings. The highest BCUT2D eigenvalue weighted by atomic mass is 16.5. The molecule has 0 aromatic heterocycles. The predicted molar refractivity (Wildman–Crippen MR) is 95.2 cm³/mol. The van der Waals surface area contributed by atoms with E-state index in [-0.39, 0.29) is 24.2 Å². The Kier molecular flexibility index (Phi) is 6.42. The van der Waals surface area contributed by atoms with Crippen molar-refractivity contribution in [3.8, 4) is 0 Å². The van der Waals surface area contributed by atoms with Crippen molar-refractivity contribution in [3.63, 3.8) is 0 Å². The number of nitrogens with zero attached hydrogens (tertiary/aromatic N) is 2. The molecule has 146 valence electrons. The van der Waals surface area contributed by atoms with E-state index < -0.39 is 23.5 Å². The van der Waals surface area contributed by atoms with Gasteiger partial charge in [0.25, 0.3) is 0 Å². The number of carbonyl (C=O) groups excluding carboxylic acids is 4. The van der Waals surface area contributed by atoms with Crippen LogP contribution in [0.5, 0.6) is 0 Å². The molecule has 0 saturated carbocycles. The summed E-state index contributed by atoms with van der Waals surface area (Å²) < 4.78 is 5.12. The summed E-state index contributed by atoms with van der Waals surface area (Å²) in [6, 6.07) is -1.03. The summed E-state index contributed by atoms with van der Waals surface area (Å²) in [5.41, 5.74) is -0.670. The molecular weight excluding hydrogens is 336 g/mol. The Morgan fingerprint density at radius 1 is 0.962 bits per heavy atom. The van der Waals surface area contributed by atoms with Gasteiger partial charge in [-0.15, -0.1) is 0 Å². The molecular formula is C19H30N2O5. The fourth-order valence-electron chi connectivity index (χ4n) is 3.53. The summed E-state index contributed by atoms with van der Waals surface area (Å²) in [5, 5.41) is 0. The van der Waals surface area contributed by atoms with Crippen molar-refractivity contribution in [3.05, 3.63) is 0 Å². The van der Waals surface area contributed by atoms with Gasteiger partial charge in [-0.3, -0.25) is 19.2 Å². The number of likely N-dealkylation sites (tertiary alicyclic amines) is 2. The molecule has 0 N–H and O–H groups in total. The minimum Gasteiger partial charge on any atom is -0.457 e. The molecule has 0 spiro atoms. The first-order chi connectivity index (χ1) is 12.2. The Hall–Kier alpha value is -1.92. The SMILES string of the molecule is CCC(=O)N1CCC[C@H]1C(=O)N1CCC[C@H]1C(=O)COC(=O)C(C)(C)C. The average molecular weight is 366 g/mol. The van der Waals surface area contributed by atoms with E-state index in [4.69, 9.17) is 4.74 Å². The van der Waals surface area contributed by atoms with Gasteiger partial charge in [0, 0.05) is 19.5 Å². The molecule has 2 heterocycles. The molecule has 0 bridgehead atoms. The number of hydrogen-bond donors (Lipinski definition) is 0. The first-order valence-corrected chi connectivity index (χ1v) is 9.46. The van der Waals surface area contributed by atoms with E-state index in [1.807, 2.05) is 0 Å². The Bertz CT molecular complexity index is 581. The van der Waals surface area contributed by atoms with Crippen molar-refractivity contribution >= 4 is 23.6 Å². The lowest BCUT2D eigenvalue weighted by molar-refractivity contribution is -0.157. The Balaban J connectivity index is 2.00. The molecule has 0 aliphatic carbocycles. The minimum absolute atomic E-state index is 0.0259. The molecule has 2 atom stereocenters. The summed E-state index contributed by atoms with van der Waals surface area (Å²) in [6.45, 7) is 7.76. The van der Waals surface area contributed by atoms with Crippen LogP contribution < -0.4 is 0 Å². The highest BCUT2D eigenvalue weighted by molar-refractivity contribution is 5.94. The van der Waals surface area contributed by atoms with Crippen molar-refractivity contribution in [1.82, 2.24) is 9.80 Å². The highest BCUT2D eigenvalue weighted by Crippen LogP contribution is 2.26. The van der Waals surface area contributed by atoms with E-state index in [0.29, 0.717) is 32.4 Å². The van der Waals surface area contributed by atoms with E-state index in [0.717, 1.165) is 12.8 Å². The maximum Gasteiger partial charge on any atom is 0.311 e. The molecule has 0 aromatic rings. The largest absolute Gasteiger partial charge is 0.457 e. The molecule has 2 aliphatic rings. The molecule has 0 radical (unpaired) electrons. The second-order valence-electron chi connectivity index (χ2n) is 8.08. The van der Waals surface area contributed by atoms with Crippen molar-refractivity contribution < 1.29 is 23.9 Å². The van der Waals surface area contributed by atoms with Crippen LogP contribution in [-0.4, -0.2) is 65.1 Å². The zero-order valence-electron chi connectivity index (χ0n) is 16.2. The lowest BCUT2D eigenvalue weighted by Crippen LogP contribution is -2.51. The fourth-order valence-corrected chi connectivity index (χ4v) is 3.53. The van der Waals surface area contributed by atoms with Crippen LogP contribution in [0.25, 0.3) is 0 Å². The van der Waals surface area contributed by atoms with Crippen LogP contribution in [0.4, 0.5) is 0 Å². The van der Waals surface area contributed by atoms with Gasteiger partial charge in [-0.05, 0) is 46.5 Å². The van der Waals surface area contributed by atoms with Gasteiger partial charge in [-0.25, -0.2) is 0 Å². The molecule has 7 nitrogen and oxygen atoms in total. The van der Waals surface area contributed by atoms with Gasteiger partial charge in [0.1, 0.15) is 6.04 Å². The van der Waals surface area contributed by atoms with Crippen molar-refractivity contribution in [2.45, 2.75) is 71.9 Å². The first kappa shape index (κ1) is 20.4. The maximum absolute atomic E-state index is 13.0. The third-order valence-electron chi connectivity index (χ3n) is 5.03. The molecule has 2 rings (SSSR count). The number of carbonyl (C=O) groups is 4. The van der Waals surface area contributed by atoms with E-state index in [1.165, 1.54) is 0 Å². The van der Waals surface area contributed by atoms with Crippen LogP contribution in [0.3, 0.4) is 0 Å². The Morgan fingerprint density at radius 2 is 1.54 bits per heavy atom. The third-order valence-corrected chi connectivity index (χ3v) is 5.03. The molecule has 0 aromatic carbocycles. The molecule has 2 amide bonds. The minimum atomic E-state index is -0.670. The monoisotopic (exact) mass is 366 g/mol. The van der Waals surface area contributed by atoms with Crippen LogP contribution in [-0.2, 0) is 23.9 Å². The summed E-state index contributed by atoms with van der Waals surface area (Å²) in [5.74, 6) is -0.860. The van der Waals surface area contributed by atoms with Gasteiger partial charge in [-0.2, -0.15) is 0 Å². The van der Waals surface area contributed by atoms with Gasteiger partial charge in [0.15, 0.2) is 12.4 Å². The topological polar surface area (TPSA) is 84.0 Å². The lowest BCUT2D eigenvalue weighted by Gasteiger charge is -2.31. The summed E-state index contributed by atoms with van der Waals surface area (Å²) in [4.78, 5) is 52.6. The maximum atomic E-state index is 13.0. The van der Waals surface area contributed by atoms with Crippen LogP contribution in [0.1, 0.15) is 59.8 Å². The van der Waals surface area contributed by atoms with Gasteiger partial charge in [-0.1, -0.05) is 6.92 Å². The Labute approximate surface area is 155 Å². The van der Waals surface area contributed by atoms with E-state index >= 15 is 0 Å². The molecule has 0 unspecified atom stereocenters. The summed E-state index contributed by atoms with van der Waals surface area (Å²) in [6.07, 6.45) is 3.13. The normalized spacial score (nSPS) is 23.2. The summed E-state index contributed by atoms with van der Waals surface area (Å²) in [7, 11) is 0. The molecule has 26 heavy (non-hydrogen) atoms. The zero-order valence-corrected chi connectivity index (χ0v) is 16.2. The predicted octanol–water partition coefficient (Wildman–Crippen LogP) is 1.54. The van der Waals surface area contributed by atoms with E-state index in [1.54, 1.807) is 37.5 Å². The van der Waals surface area contributed by atoms with Crippen molar-refractivity contribution in [2.75, 3.05) is 19.7 Å². The molecule has 2 aliphatic heterocycles. The number of Topliss-reactive ketones (excluding diaryl/α,β-unsaturated/α-hetero) is 1. The quantitative estimate of drug-likeness (QED) is 0.689. The lowest BCUT2D eigenvalue weighted by atomic mass is 9.97. The van der Waals surface area contributed by atoms with Gasteiger partial charge in [0.2, 0.25) is 11.8 Å². The Morgan fingerprint density at radius 3 is 2.12 bits per heavy atom. The number of ether oxygens (including phenoxy) is 1. The van der Waals surface area contributed by atoms with Crippen molar-refractivity contribution in [1.29, 1.82) is 0 Å². The number of hydrogen-bond acceptors (Lipinski definition) is 5. The van der Waals surface area contributed by atoms with E-state index in [2.05, 4.69) is 0 Å². The first-order valence-electron chi connectivity index (χ1n) is 9.46. The van der Waals surface area contributed by atoms with Crippen LogP contribution in [0.2, 0.25) is 0 Å². The van der Waals surface area contributed by atoms with E-state index in [9.17, 15) is 19.2 Å². The highest BCUT2D eigenvalue weighted by Gasteiger charge is 2.41. The summed E-state index contributed by atoms with van der Waals surface area (Å²) >= 11 is 0. The van der Waals surface area contributed by atoms with Crippen molar-refractivity contribution in [2.24, 2.45) is 5.41 Å². The van der Waals surface area contributed by atoms with Gasteiger partial charge in [0.05, 0.1) is 11.5 Å². The average Bonchev–Trinajstić information content (AvgIpc) is 3.26. The van der Waals surface area contributed by atoms with Crippen LogP contribution in [0, 0.1) is 5.41 Å². The number of rotatable bonds is 5. The number of amides is 2. The molecule has 7 heteroatoms. The second kappa shape index (κ2) is 8.18. The zero-order chi connectivity index (χ0) is 19.5. The fraction of sp³-hybridized carbons (Fsp3) is 0.789. The number of esters is 1. The standard InChI is InChI=1S/C19H30N2O5/c1-5-16(23)20-10-7-9-14(20)17(24)21-11-6-8-13(21)15(22)12-26-18(25)19(2,3)4/h13-14H,5-12H2,1-4H3/t13-,14-/m0/s1. The number of ketones is 1. The van der Waals surface area contributed by atoms with Gasteiger partial charge < -0.3 is 14.5 Å².